The number of alkyl halides is 2. The van der Waals surface area contributed by atoms with Crippen molar-refractivity contribution in [1.29, 1.82) is 0 Å². The molecular formula is C25H30BrClO5. The molecule has 0 spiro atoms. The van der Waals surface area contributed by atoms with E-state index in [1.54, 1.807) is 0 Å². The average Bonchev–Trinajstić information content (AvgIpc) is 2.67. The third-order valence-electron chi connectivity index (χ3n) is 6.42. The summed E-state index contributed by atoms with van der Waals surface area (Å²) in [5.74, 6) is -1.84. The van der Waals surface area contributed by atoms with E-state index >= 15 is 0 Å². The van der Waals surface area contributed by atoms with Gasteiger partial charge in [0.05, 0.1) is 11.2 Å². The Morgan fingerprint density at radius 2 is 1.84 bits per heavy atom. The molecule has 1 fully saturated rings. The number of Topliss-reactive ketones (excluding diaryl/α,β-unsaturated/α-hetero) is 2. The van der Waals surface area contributed by atoms with Gasteiger partial charge in [-0.2, -0.15) is 0 Å². The Bertz CT molecular complexity index is 1020. The summed E-state index contributed by atoms with van der Waals surface area (Å²) in [5, 5.41) is 20.4. The van der Waals surface area contributed by atoms with Crippen LogP contribution in [-0.4, -0.2) is 42.7 Å². The lowest BCUT2D eigenvalue weighted by Gasteiger charge is -2.56. The number of aromatic hydroxyl groups is 2. The molecule has 0 aromatic heterocycles. The zero-order chi connectivity index (χ0) is 24.1. The second-order valence-electron chi connectivity index (χ2n) is 9.63. The van der Waals surface area contributed by atoms with Crippen LogP contribution >= 0.6 is 27.5 Å². The molecule has 1 aromatic carbocycles. The summed E-state index contributed by atoms with van der Waals surface area (Å²) in [5.41, 5.74) is -0.378. The zero-order valence-corrected chi connectivity index (χ0v) is 21.4. The fourth-order valence-corrected chi connectivity index (χ4v) is 5.72. The van der Waals surface area contributed by atoms with Crippen LogP contribution in [0.5, 0.6) is 11.5 Å². The van der Waals surface area contributed by atoms with Gasteiger partial charge in [0.2, 0.25) is 0 Å². The van der Waals surface area contributed by atoms with Crippen molar-refractivity contribution in [3.63, 3.8) is 0 Å². The summed E-state index contributed by atoms with van der Waals surface area (Å²) < 4.78 is 6.42. The summed E-state index contributed by atoms with van der Waals surface area (Å²) in [6, 6.07) is 2.25. The van der Waals surface area contributed by atoms with Crippen LogP contribution in [0.1, 0.15) is 81.0 Å². The van der Waals surface area contributed by atoms with Gasteiger partial charge in [-0.25, -0.2) is 0 Å². The number of phenolic OH excluding ortho intramolecular Hbond substituents is 2. The molecule has 1 unspecified atom stereocenters. The number of hydrogen-bond acceptors (Lipinski definition) is 5. The first-order valence-electron chi connectivity index (χ1n) is 10.7. The number of fused-ring (bicyclic) bond motifs is 2. The number of halogens is 2. The van der Waals surface area contributed by atoms with Crippen LogP contribution in [0, 0.1) is 0 Å². The second-order valence-corrected chi connectivity index (χ2v) is 11.4. The lowest BCUT2D eigenvalue weighted by molar-refractivity contribution is -0.154. The molecule has 5 nitrogen and oxygen atoms in total. The van der Waals surface area contributed by atoms with E-state index in [0.717, 1.165) is 24.5 Å². The van der Waals surface area contributed by atoms with Crippen molar-refractivity contribution in [2.75, 3.05) is 0 Å². The number of phenols is 2. The first kappa shape index (κ1) is 25.0. The minimum atomic E-state index is -1.70. The van der Waals surface area contributed by atoms with Gasteiger partial charge in [-0.1, -0.05) is 39.2 Å². The maximum absolute atomic E-state index is 13.9. The van der Waals surface area contributed by atoms with Crippen LogP contribution in [0.4, 0.5) is 0 Å². The van der Waals surface area contributed by atoms with Crippen molar-refractivity contribution < 1.29 is 24.5 Å². The molecule has 0 radical (unpaired) electrons. The van der Waals surface area contributed by atoms with E-state index in [-0.39, 0.29) is 34.5 Å². The summed E-state index contributed by atoms with van der Waals surface area (Å²) in [7, 11) is 0. The number of ketones is 2. The zero-order valence-electron chi connectivity index (χ0n) is 19.1. The first-order valence-corrected chi connectivity index (χ1v) is 12.0. The molecule has 1 heterocycles. The van der Waals surface area contributed by atoms with E-state index < -0.39 is 33.4 Å². The largest absolute Gasteiger partial charge is 0.508 e. The van der Waals surface area contributed by atoms with Crippen molar-refractivity contribution in [3.8, 4) is 11.5 Å². The minimum absolute atomic E-state index is 0.0665. The molecular weight excluding hydrogens is 496 g/mol. The van der Waals surface area contributed by atoms with Crippen molar-refractivity contribution in [3.05, 3.63) is 46.6 Å². The summed E-state index contributed by atoms with van der Waals surface area (Å²) in [6.07, 6.45) is 6.00. The van der Waals surface area contributed by atoms with Crippen LogP contribution in [0.3, 0.4) is 0 Å². The van der Waals surface area contributed by atoms with Crippen molar-refractivity contribution in [1.82, 2.24) is 0 Å². The molecule has 3 rings (SSSR count). The number of ether oxygens (including phenoxy) is 1. The summed E-state index contributed by atoms with van der Waals surface area (Å²) in [4.78, 5) is 25.6. The highest BCUT2D eigenvalue weighted by atomic mass is 79.9. The summed E-state index contributed by atoms with van der Waals surface area (Å²) in [6.45, 7) is 9.77. The van der Waals surface area contributed by atoms with Gasteiger partial charge in [-0.15, -0.1) is 11.6 Å². The van der Waals surface area contributed by atoms with E-state index in [4.69, 9.17) is 16.3 Å². The van der Waals surface area contributed by atoms with Gasteiger partial charge in [-0.3, -0.25) is 9.59 Å². The first-order chi connectivity index (χ1) is 14.7. The lowest BCUT2D eigenvalue weighted by atomic mass is 9.63. The Balaban J connectivity index is 2.14. The quantitative estimate of drug-likeness (QED) is 0.351. The van der Waals surface area contributed by atoms with Gasteiger partial charge in [0.25, 0.3) is 0 Å². The van der Waals surface area contributed by atoms with E-state index in [0.29, 0.717) is 0 Å². The fourth-order valence-electron chi connectivity index (χ4n) is 4.50. The van der Waals surface area contributed by atoms with Gasteiger partial charge >= 0.3 is 0 Å². The highest BCUT2D eigenvalue weighted by Gasteiger charge is 2.69. The molecule has 1 aliphatic carbocycles. The number of carbonyl (C=O) groups is 2. The Morgan fingerprint density at radius 1 is 1.19 bits per heavy atom. The monoisotopic (exact) mass is 524 g/mol. The summed E-state index contributed by atoms with van der Waals surface area (Å²) >= 11 is 10.6. The third kappa shape index (κ3) is 4.06. The van der Waals surface area contributed by atoms with Gasteiger partial charge in [-0.05, 0) is 59.9 Å². The molecule has 7 heteroatoms. The van der Waals surface area contributed by atoms with Crippen molar-refractivity contribution in [2.24, 2.45) is 0 Å². The minimum Gasteiger partial charge on any atom is -0.508 e. The highest BCUT2D eigenvalue weighted by Crippen LogP contribution is 2.57. The number of allylic oxidation sites excluding steroid dienone is 3. The Kier molecular flexibility index (Phi) is 6.73. The van der Waals surface area contributed by atoms with Crippen LogP contribution in [0.15, 0.2) is 35.4 Å². The Morgan fingerprint density at radius 3 is 2.47 bits per heavy atom. The van der Waals surface area contributed by atoms with Crippen molar-refractivity contribution in [2.45, 2.75) is 81.2 Å². The van der Waals surface area contributed by atoms with Gasteiger partial charge in [0.1, 0.15) is 16.4 Å². The van der Waals surface area contributed by atoms with E-state index in [1.807, 2.05) is 40.7 Å². The number of rotatable bonds is 5. The van der Waals surface area contributed by atoms with E-state index in [2.05, 4.69) is 22.0 Å². The smallest absolute Gasteiger partial charge is 0.198 e. The van der Waals surface area contributed by atoms with Crippen LogP contribution in [0.2, 0.25) is 0 Å². The van der Waals surface area contributed by atoms with E-state index in [1.165, 1.54) is 11.6 Å². The standard InChI is InChI=1S/C25H30BrClO5/c1-14(2)7-6-8-15(3)9-10-25-21(30)17-11-16(28)12-18(29)20(17)22(31)24(25,27)13-19(26)23(4,5)32-25/h7,9,11-12,19,28-29H,6,8,10,13H2,1-5H3/b15-9+/t19-,24+,25?/m1/s1. The van der Waals surface area contributed by atoms with Crippen molar-refractivity contribution >= 4 is 39.1 Å². The highest BCUT2D eigenvalue weighted by molar-refractivity contribution is 9.09. The molecule has 2 aliphatic rings. The third-order valence-corrected chi connectivity index (χ3v) is 8.48. The van der Waals surface area contributed by atoms with Gasteiger partial charge in [0, 0.05) is 22.9 Å². The van der Waals surface area contributed by atoms with Crippen LogP contribution in [0.25, 0.3) is 0 Å². The fraction of sp³-hybridized carbons (Fsp3) is 0.520. The molecule has 2 N–H and O–H groups in total. The second kappa shape index (κ2) is 8.62. The number of benzene rings is 1. The molecule has 32 heavy (non-hydrogen) atoms. The topological polar surface area (TPSA) is 83.8 Å². The lowest BCUT2D eigenvalue weighted by Crippen LogP contribution is -2.72. The predicted octanol–water partition coefficient (Wildman–Crippen LogP) is 6.24. The SMILES string of the molecule is CC(C)=CCC/C(C)=C/CC12OC(C)(C)[C@H](Br)C[C@]1(Cl)C(=O)c1c(O)cc(O)cc1C2=O. The van der Waals surface area contributed by atoms with Crippen LogP contribution < -0.4 is 0 Å². The number of hydrogen-bond donors (Lipinski definition) is 2. The van der Waals surface area contributed by atoms with E-state index in [9.17, 15) is 19.8 Å². The molecule has 3 atom stereocenters. The Hall–Kier alpha value is -1.63. The van der Waals surface area contributed by atoms with Gasteiger partial charge < -0.3 is 14.9 Å². The average molecular weight is 526 g/mol. The maximum atomic E-state index is 13.9. The Labute approximate surface area is 202 Å². The molecule has 1 aromatic rings. The molecule has 1 aliphatic heterocycles. The van der Waals surface area contributed by atoms with Crippen LogP contribution in [-0.2, 0) is 4.74 Å². The molecule has 0 amide bonds. The van der Waals surface area contributed by atoms with Gasteiger partial charge in [0.15, 0.2) is 17.2 Å². The maximum Gasteiger partial charge on any atom is 0.198 e. The molecule has 1 saturated heterocycles. The molecule has 0 bridgehead atoms. The number of carbonyl (C=O) groups excluding carboxylic acids is 2. The predicted molar refractivity (Wildman–Crippen MR) is 129 cm³/mol. The molecule has 0 saturated carbocycles. The molecule has 174 valence electrons. The normalized spacial score (nSPS) is 29.3.